The highest BCUT2D eigenvalue weighted by atomic mass is 79.9. The molecule has 0 bridgehead atoms. The second kappa shape index (κ2) is 8.37. The summed E-state index contributed by atoms with van der Waals surface area (Å²) < 4.78 is 6.03. The van der Waals surface area contributed by atoms with Crippen LogP contribution in [0.4, 0.5) is 0 Å². The number of carbonyl (C=O) groups excluding carboxylic acids is 2. The molecule has 0 radical (unpaired) electrons. The zero-order valence-corrected chi connectivity index (χ0v) is 17.7. The summed E-state index contributed by atoms with van der Waals surface area (Å²) in [7, 11) is 0. The number of nitrogens with zero attached hydrogens (tertiary/aromatic N) is 2. The van der Waals surface area contributed by atoms with Crippen molar-refractivity contribution in [3.63, 3.8) is 0 Å². The van der Waals surface area contributed by atoms with Crippen molar-refractivity contribution in [3.05, 3.63) is 69.7 Å². The third-order valence-electron chi connectivity index (χ3n) is 5.26. The number of halogens is 1. The molecule has 0 saturated heterocycles. The van der Waals surface area contributed by atoms with Crippen LogP contribution in [0.1, 0.15) is 29.7 Å². The monoisotopic (exact) mass is 455 g/mol. The average molecular weight is 456 g/mol. The van der Waals surface area contributed by atoms with Gasteiger partial charge in [-0.1, -0.05) is 52.3 Å². The Morgan fingerprint density at radius 2 is 2.03 bits per heavy atom. The minimum atomic E-state index is -1.01. The molecule has 1 N–H and O–H groups in total. The lowest BCUT2D eigenvalue weighted by atomic mass is 9.91. The van der Waals surface area contributed by atoms with Crippen LogP contribution in [0.3, 0.4) is 0 Å². The summed E-state index contributed by atoms with van der Waals surface area (Å²) in [4.78, 5) is 32.4. The van der Waals surface area contributed by atoms with Crippen molar-refractivity contribution in [1.82, 2.24) is 10.2 Å². The van der Waals surface area contributed by atoms with E-state index in [1.165, 1.54) is 11.1 Å². The lowest BCUT2D eigenvalue weighted by Crippen LogP contribution is -2.53. The molecule has 2 aliphatic heterocycles. The zero-order valence-electron chi connectivity index (χ0n) is 16.1. The molecular weight excluding hydrogens is 434 g/mol. The van der Waals surface area contributed by atoms with Crippen molar-refractivity contribution < 1.29 is 14.3 Å². The maximum atomic E-state index is 12.9. The number of fused-ring (bicyclic) bond motifs is 1. The first-order chi connectivity index (χ1) is 14.1. The standard InChI is InChI=1S/C22H22BrN3O3/c1-2-29-21(28)18-19(15-8-5-9-17(23)12-15)24-22(25-20(18)27)26-11-10-14-6-3-4-7-16(14)13-26/h3-9,12,18-19H,2,10-11,13H2,1H3,(H,24,25,27)/t18-,19+/m1/s1. The molecule has 0 aliphatic carbocycles. The van der Waals surface area contributed by atoms with E-state index in [1.54, 1.807) is 6.92 Å². The second-order valence-corrected chi connectivity index (χ2v) is 8.03. The van der Waals surface area contributed by atoms with E-state index in [4.69, 9.17) is 9.73 Å². The second-order valence-electron chi connectivity index (χ2n) is 7.11. The highest BCUT2D eigenvalue weighted by molar-refractivity contribution is 9.10. The van der Waals surface area contributed by atoms with Crippen molar-refractivity contribution in [3.8, 4) is 0 Å². The van der Waals surface area contributed by atoms with Crippen LogP contribution in [-0.2, 0) is 27.3 Å². The summed E-state index contributed by atoms with van der Waals surface area (Å²) in [5.41, 5.74) is 3.34. The minimum absolute atomic E-state index is 0.216. The predicted molar refractivity (Wildman–Crippen MR) is 113 cm³/mol. The van der Waals surface area contributed by atoms with Crippen molar-refractivity contribution in [1.29, 1.82) is 0 Å². The Kier molecular flexibility index (Phi) is 5.67. The first kappa shape index (κ1) is 19.6. The predicted octanol–water partition coefficient (Wildman–Crippen LogP) is 3.21. The molecular formula is C22H22BrN3O3. The number of benzene rings is 2. The largest absolute Gasteiger partial charge is 0.465 e. The van der Waals surface area contributed by atoms with E-state index in [2.05, 4.69) is 38.3 Å². The molecule has 0 spiro atoms. The summed E-state index contributed by atoms with van der Waals surface area (Å²) >= 11 is 3.47. The van der Waals surface area contributed by atoms with Gasteiger partial charge in [0.05, 0.1) is 6.61 Å². The van der Waals surface area contributed by atoms with Gasteiger partial charge in [0.2, 0.25) is 11.9 Å². The van der Waals surface area contributed by atoms with Crippen LogP contribution < -0.4 is 5.32 Å². The van der Waals surface area contributed by atoms with Crippen molar-refractivity contribution >= 4 is 33.8 Å². The number of aliphatic imine (C=N–C) groups is 1. The lowest BCUT2D eigenvalue weighted by molar-refractivity contribution is -0.153. The van der Waals surface area contributed by atoms with Gasteiger partial charge in [0.25, 0.3) is 0 Å². The molecule has 7 heteroatoms. The fraction of sp³-hybridized carbons (Fsp3) is 0.318. The van der Waals surface area contributed by atoms with Crippen LogP contribution in [0.25, 0.3) is 0 Å². The summed E-state index contributed by atoms with van der Waals surface area (Å²) in [5.74, 6) is -1.43. The van der Waals surface area contributed by atoms with E-state index in [9.17, 15) is 9.59 Å². The summed E-state index contributed by atoms with van der Waals surface area (Å²) in [5, 5.41) is 2.85. The smallest absolute Gasteiger partial charge is 0.321 e. The Labute approximate surface area is 178 Å². The Hall–Kier alpha value is -2.67. The Balaban J connectivity index is 1.69. The normalized spacial score (nSPS) is 21.1. The van der Waals surface area contributed by atoms with Crippen LogP contribution in [0.5, 0.6) is 0 Å². The highest BCUT2D eigenvalue weighted by Gasteiger charge is 2.42. The molecule has 2 heterocycles. The molecule has 1 amide bonds. The van der Waals surface area contributed by atoms with Gasteiger partial charge in [0.1, 0.15) is 6.04 Å². The molecule has 29 heavy (non-hydrogen) atoms. The molecule has 2 aliphatic rings. The number of hydrogen-bond donors (Lipinski definition) is 1. The number of ether oxygens (including phenoxy) is 1. The molecule has 150 valence electrons. The van der Waals surface area contributed by atoms with Gasteiger partial charge in [-0.3, -0.25) is 14.9 Å². The van der Waals surface area contributed by atoms with E-state index in [1.807, 2.05) is 36.4 Å². The van der Waals surface area contributed by atoms with Gasteiger partial charge in [0.15, 0.2) is 5.92 Å². The third-order valence-corrected chi connectivity index (χ3v) is 5.75. The molecule has 0 saturated carbocycles. The van der Waals surface area contributed by atoms with Crippen LogP contribution in [-0.4, -0.2) is 35.9 Å². The van der Waals surface area contributed by atoms with Crippen LogP contribution in [0, 0.1) is 5.92 Å². The van der Waals surface area contributed by atoms with E-state index in [0.717, 1.165) is 23.0 Å². The van der Waals surface area contributed by atoms with E-state index >= 15 is 0 Å². The van der Waals surface area contributed by atoms with Crippen LogP contribution in [0.2, 0.25) is 0 Å². The summed E-state index contributed by atoms with van der Waals surface area (Å²) in [6, 6.07) is 15.2. The maximum Gasteiger partial charge on any atom is 0.321 e. The first-order valence-corrected chi connectivity index (χ1v) is 10.5. The van der Waals surface area contributed by atoms with Gasteiger partial charge in [-0.15, -0.1) is 0 Å². The van der Waals surface area contributed by atoms with Gasteiger partial charge < -0.3 is 9.64 Å². The summed E-state index contributed by atoms with van der Waals surface area (Å²) in [6.45, 7) is 3.37. The Bertz CT molecular complexity index is 975. The van der Waals surface area contributed by atoms with Crippen molar-refractivity contribution in [2.75, 3.05) is 13.2 Å². The number of esters is 1. The Morgan fingerprint density at radius 3 is 2.79 bits per heavy atom. The summed E-state index contributed by atoms with van der Waals surface area (Å²) in [6.07, 6.45) is 0.883. The number of rotatable bonds is 3. The SMILES string of the molecule is CCOC(=O)[C@H]1C(=O)NC(N2CCc3ccccc3C2)=N[C@H]1c1cccc(Br)c1. The number of nitrogens with one attached hydrogen (secondary N) is 1. The molecule has 2 atom stereocenters. The van der Waals surface area contributed by atoms with E-state index in [-0.39, 0.29) is 12.5 Å². The fourth-order valence-corrected chi connectivity index (χ4v) is 4.25. The minimum Gasteiger partial charge on any atom is -0.465 e. The number of carbonyl (C=O) groups is 2. The Morgan fingerprint density at radius 1 is 1.24 bits per heavy atom. The van der Waals surface area contributed by atoms with Crippen LogP contribution >= 0.6 is 15.9 Å². The van der Waals surface area contributed by atoms with Gasteiger partial charge in [0, 0.05) is 17.6 Å². The molecule has 0 aromatic heterocycles. The molecule has 4 rings (SSSR count). The topological polar surface area (TPSA) is 71.0 Å². The van der Waals surface area contributed by atoms with E-state index < -0.39 is 17.9 Å². The van der Waals surface area contributed by atoms with Gasteiger partial charge in [-0.05, 0) is 42.2 Å². The number of amides is 1. The van der Waals surface area contributed by atoms with Gasteiger partial charge >= 0.3 is 5.97 Å². The molecule has 0 unspecified atom stereocenters. The molecule has 0 fully saturated rings. The van der Waals surface area contributed by atoms with Crippen LogP contribution in [0.15, 0.2) is 58.0 Å². The molecule has 2 aromatic carbocycles. The van der Waals surface area contributed by atoms with Gasteiger partial charge in [-0.2, -0.15) is 0 Å². The fourth-order valence-electron chi connectivity index (χ4n) is 3.83. The quantitative estimate of drug-likeness (QED) is 0.569. The number of hydrogen-bond acceptors (Lipinski definition) is 5. The zero-order chi connectivity index (χ0) is 20.4. The molecule has 2 aromatic rings. The lowest BCUT2D eigenvalue weighted by Gasteiger charge is -2.36. The highest BCUT2D eigenvalue weighted by Crippen LogP contribution is 2.33. The number of guanidine groups is 1. The first-order valence-electron chi connectivity index (χ1n) is 9.69. The maximum absolute atomic E-state index is 12.9. The van der Waals surface area contributed by atoms with E-state index in [0.29, 0.717) is 12.5 Å². The van der Waals surface area contributed by atoms with Crippen molar-refractivity contribution in [2.24, 2.45) is 10.9 Å². The molecule has 6 nitrogen and oxygen atoms in total. The third kappa shape index (κ3) is 4.05. The van der Waals surface area contributed by atoms with Gasteiger partial charge in [-0.25, -0.2) is 4.99 Å². The average Bonchev–Trinajstić information content (AvgIpc) is 2.73. The van der Waals surface area contributed by atoms with Crippen molar-refractivity contribution in [2.45, 2.75) is 25.9 Å².